The molecular formula is C16H18N2O2S. The SMILES string of the molecule is COC(=O)c1cc(N)cnc1Sc1ccc(C(C)C)cc1. The molecule has 0 spiro atoms. The van der Waals surface area contributed by atoms with E-state index in [1.807, 2.05) is 12.1 Å². The Morgan fingerprint density at radius 2 is 1.95 bits per heavy atom. The standard InChI is InChI=1S/C16H18N2O2S/c1-10(2)11-4-6-13(7-5-11)21-15-14(16(19)20-3)8-12(17)9-18-15/h4-10H,17H2,1-3H3. The number of aromatic nitrogens is 1. The van der Waals surface area contributed by atoms with Crippen LogP contribution in [0.15, 0.2) is 46.5 Å². The predicted octanol–water partition coefficient (Wildman–Crippen LogP) is 3.73. The molecule has 110 valence electrons. The first-order chi connectivity index (χ1) is 10.0. The van der Waals surface area contributed by atoms with Crippen LogP contribution in [0.3, 0.4) is 0 Å². The lowest BCUT2D eigenvalue weighted by Crippen LogP contribution is -2.05. The number of nitrogen functional groups attached to an aromatic ring is 1. The molecule has 2 N–H and O–H groups in total. The summed E-state index contributed by atoms with van der Waals surface area (Å²) in [7, 11) is 1.34. The maximum absolute atomic E-state index is 11.8. The van der Waals surface area contributed by atoms with E-state index in [4.69, 9.17) is 10.5 Å². The molecular weight excluding hydrogens is 284 g/mol. The predicted molar refractivity (Wildman–Crippen MR) is 84.6 cm³/mol. The lowest BCUT2D eigenvalue weighted by molar-refractivity contribution is 0.0596. The number of rotatable bonds is 4. The van der Waals surface area contributed by atoms with Gasteiger partial charge in [-0.3, -0.25) is 0 Å². The average molecular weight is 302 g/mol. The average Bonchev–Trinajstić information content (AvgIpc) is 2.48. The topological polar surface area (TPSA) is 65.2 Å². The van der Waals surface area contributed by atoms with Crippen LogP contribution in [0.5, 0.6) is 0 Å². The van der Waals surface area contributed by atoms with Gasteiger partial charge in [-0.1, -0.05) is 37.7 Å². The Balaban J connectivity index is 2.28. The summed E-state index contributed by atoms with van der Waals surface area (Å²) in [6.07, 6.45) is 1.54. The maximum Gasteiger partial charge on any atom is 0.340 e. The summed E-state index contributed by atoms with van der Waals surface area (Å²) in [5.41, 5.74) is 7.79. The minimum atomic E-state index is -0.434. The zero-order valence-corrected chi connectivity index (χ0v) is 13.1. The van der Waals surface area contributed by atoms with Gasteiger partial charge in [-0.05, 0) is 29.7 Å². The lowest BCUT2D eigenvalue weighted by Gasteiger charge is -2.09. The summed E-state index contributed by atoms with van der Waals surface area (Å²) >= 11 is 1.42. The van der Waals surface area contributed by atoms with E-state index in [0.29, 0.717) is 22.2 Å². The van der Waals surface area contributed by atoms with E-state index < -0.39 is 5.97 Å². The number of nitrogens with two attached hydrogens (primary N) is 1. The van der Waals surface area contributed by atoms with Crippen molar-refractivity contribution in [2.75, 3.05) is 12.8 Å². The van der Waals surface area contributed by atoms with Crippen molar-refractivity contribution in [1.82, 2.24) is 4.98 Å². The van der Waals surface area contributed by atoms with Gasteiger partial charge in [-0.15, -0.1) is 0 Å². The fraction of sp³-hybridized carbons (Fsp3) is 0.250. The Morgan fingerprint density at radius 3 is 2.52 bits per heavy atom. The minimum absolute atomic E-state index is 0.385. The van der Waals surface area contributed by atoms with E-state index in [1.165, 1.54) is 30.6 Å². The van der Waals surface area contributed by atoms with Gasteiger partial charge in [-0.25, -0.2) is 9.78 Å². The highest BCUT2D eigenvalue weighted by Crippen LogP contribution is 2.31. The van der Waals surface area contributed by atoms with Gasteiger partial charge in [0.1, 0.15) is 5.03 Å². The third-order valence-electron chi connectivity index (χ3n) is 3.04. The number of anilines is 1. The molecule has 5 heteroatoms. The Labute approximate surface area is 128 Å². The third-order valence-corrected chi connectivity index (χ3v) is 4.07. The fourth-order valence-electron chi connectivity index (χ4n) is 1.84. The second kappa shape index (κ2) is 6.63. The van der Waals surface area contributed by atoms with Crippen LogP contribution in [0.4, 0.5) is 5.69 Å². The third kappa shape index (κ3) is 3.76. The summed E-state index contributed by atoms with van der Waals surface area (Å²) in [5, 5.41) is 0.591. The smallest absolute Gasteiger partial charge is 0.340 e. The molecule has 0 aliphatic rings. The van der Waals surface area contributed by atoms with E-state index in [1.54, 1.807) is 6.07 Å². The van der Waals surface area contributed by atoms with Gasteiger partial charge in [-0.2, -0.15) is 0 Å². The zero-order valence-electron chi connectivity index (χ0n) is 12.3. The summed E-state index contributed by atoms with van der Waals surface area (Å²) in [6, 6.07) is 9.81. The van der Waals surface area contributed by atoms with Crippen LogP contribution >= 0.6 is 11.8 Å². The number of benzene rings is 1. The zero-order chi connectivity index (χ0) is 15.4. The normalized spacial score (nSPS) is 10.7. The first kappa shape index (κ1) is 15.4. The van der Waals surface area contributed by atoms with Crippen molar-refractivity contribution in [1.29, 1.82) is 0 Å². The summed E-state index contributed by atoms with van der Waals surface area (Å²) in [5.74, 6) is 0.0560. The number of carbonyl (C=O) groups is 1. The Morgan fingerprint density at radius 1 is 1.29 bits per heavy atom. The molecule has 0 saturated carbocycles. The second-order valence-electron chi connectivity index (χ2n) is 4.94. The van der Waals surface area contributed by atoms with Crippen LogP contribution in [0.1, 0.15) is 35.7 Å². The molecule has 0 unspecified atom stereocenters. The highest BCUT2D eigenvalue weighted by atomic mass is 32.2. The quantitative estimate of drug-likeness (QED) is 0.872. The molecule has 0 amide bonds. The number of carbonyl (C=O) groups excluding carboxylic acids is 1. The molecule has 1 heterocycles. The fourth-order valence-corrected chi connectivity index (χ4v) is 2.69. The van der Waals surface area contributed by atoms with Crippen LogP contribution in [0.2, 0.25) is 0 Å². The number of hydrogen-bond acceptors (Lipinski definition) is 5. The largest absolute Gasteiger partial charge is 0.465 e. The van der Waals surface area contributed by atoms with E-state index in [-0.39, 0.29) is 0 Å². The van der Waals surface area contributed by atoms with Gasteiger partial charge in [0.15, 0.2) is 0 Å². The van der Waals surface area contributed by atoms with Gasteiger partial charge in [0.05, 0.1) is 24.6 Å². The lowest BCUT2D eigenvalue weighted by atomic mass is 10.0. The van der Waals surface area contributed by atoms with E-state index >= 15 is 0 Å². The van der Waals surface area contributed by atoms with Crippen molar-refractivity contribution in [2.45, 2.75) is 29.7 Å². The molecule has 0 bridgehead atoms. The monoisotopic (exact) mass is 302 g/mol. The van der Waals surface area contributed by atoms with Crippen molar-refractivity contribution in [3.8, 4) is 0 Å². The Bertz CT molecular complexity index is 639. The number of hydrogen-bond donors (Lipinski definition) is 1. The highest BCUT2D eigenvalue weighted by Gasteiger charge is 2.15. The molecule has 1 aromatic heterocycles. The summed E-state index contributed by atoms with van der Waals surface area (Å²) in [6.45, 7) is 4.30. The first-order valence-corrected chi connectivity index (χ1v) is 7.44. The van der Waals surface area contributed by atoms with E-state index in [2.05, 4.69) is 31.0 Å². The first-order valence-electron chi connectivity index (χ1n) is 6.63. The van der Waals surface area contributed by atoms with Crippen LogP contribution in [0.25, 0.3) is 0 Å². The number of esters is 1. The van der Waals surface area contributed by atoms with Crippen LogP contribution in [0, 0.1) is 0 Å². The van der Waals surface area contributed by atoms with Gasteiger partial charge in [0, 0.05) is 4.90 Å². The van der Waals surface area contributed by atoms with Crippen LogP contribution in [-0.4, -0.2) is 18.1 Å². The molecule has 0 aliphatic heterocycles. The number of pyridine rings is 1. The number of ether oxygens (including phenoxy) is 1. The molecule has 0 aliphatic carbocycles. The van der Waals surface area contributed by atoms with Crippen LogP contribution in [-0.2, 0) is 4.74 Å². The minimum Gasteiger partial charge on any atom is -0.465 e. The molecule has 2 aromatic rings. The molecule has 0 fully saturated rings. The van der Waals surface area contributed by atoms with Crippen molar-refractivity contribution in [3.63, 3.8) is 0 Å². The van der Waals surface area contributed by atoms with E-state index in [9.17, 15) is 4.79 Å². The summed E-state index contributed by atoms with van der Waals surface area (Å²) in [4.78, 5) is 17.0. The van der Waals surface area contributed by atoms with Crippen molar-refractivity contribution >= 4 is 23.4 Å². The molecule has 0 saturated heterocycles. The Hall–Kier alpha value is -2.01. The highest BCUT2D eigenvalue weighted by molar-refractivity contribution is 7.99. The van der Waals surface area contributed by atoms with Gasteiger partial charge in [0.2, 0.25) is 0 Å². The second-order valence-corrected chi connectivity index (χ2v) is 6.00. The molecule has 2 rings (SSSR count). The van der Waals surface area contributed by atoms with Crippen molar-refractivity contribution in [2.24, 2.45) is 0 Å². The van der Waals surface area contributed by atoms with Gasteiger partial charge >= 0.3 is 5.97 Å². The van der Waals surface area contributed by atoms with Crippen LogP contribution < -0.4 is 5.73 Å². The van der Waals surface area contributed by atoms with E-state index in [0.717, 1.165) is 4.90 Å². The van der Waals surface area contributed by atoms with Gasteiger partial charge < -0.3 is 10.5 Å². The molecule has 1 aromatic carbocycles. The number of nitrogens with zero attached hydrogens (tertiary/aromatic N) is 1. The molecule has 21 heavy (non-hydrogen) atoms. The van der Waals surface area contributed by atoms with Gasteiger partial charge in [0.25, 0.3) is 0 Å². The van der Waals surface area contributed by atoms with Crippen molar-refractivity contribution in [3.05, 3.63) is 47.7 Å². The molecule has 4 nitrogen and oxygen atoms in total. The van der Waals surface area contributed by atoms with Crippen molar-refractivity contribution < 1.29 is 9.53 Å². The molecule has 0 atom stereocenters. The Kier molecular flexibility index (Phi) is 4.85. The number of methoxy groups -OCH3 is 1. The molecule has 0 radical (unpaired) electrons. The maximum atomic E-state index is 11.8. The summed E-state index contributed by atoms with van der Waals surface area (Å²) < 4.78 is 4.77.